The molecule has 5 aromatic rings. The van der Waals surface area contributed by atoms with Crippen molar-refractivity contribution in [2.24, 2.45) is 5.92 Å². The van der Waals surface area contributed by atoms with E-state index in [0.717, 1.165) is 33.4 Å². The second-order valence-electron chi connectivity index (χ2n) is 8.07. The van der Waals surface area contributed by atoms with Gasteiger partial charge in [-0.3, -0.25) is 13.8 Å². The van der Waals surface area contributed by atoms with Gasteiger partial charge in [-0.2, -0.15) is 0 Å². The molecule has 3 heterocycles. The molecule has 2 aromatic carbocycles. The number of hydrogen-bond acceptors (Lipinski definition) is 6. The molecule has 0 unspecified atom stereocenters. The molecule has 0 saturated heterocycles. The summed E-state index contributed by atoms with van der Waals surface area (Å²) >= 11 is 3.24. The van der Waals surface area contributed by atoms with Crippen molar-refractivity contribution in [1.29, 1.82) is 0 Å². The van der Waals surface area contributed by atoms with Crippen molar-refractivity contribution < 1.29 is 0 Å². The largest absolute Gasteiger partial charge is 0.276 e. The first-order valence-corrected chi connectivity index (χ1v) is 12.5. The fourth-order valence-corrected chi connectivity index (χ4v) is 5.40. The zero-order chi connectivity index (χ0) is 22.1. The summed E-state index contributed by atoms with van der Waals surface area (Å²) in [4.78, 5) is 17.9. The zero-order valence-corrected chi connectivity index (χ0v) is 19.6. The van der Waals surface area contributed by atoms with Crippen LogP contribution in [0.2, 0.25) is 0 Å². The normalized spacial score (nSPS) is 11.7. The van der Waals surface area contributed by atoms with E-state index in [4.69, 9.17) is 4.98 Å². The highest BCUT2D eigenvalue weighted by atomic mass is 32.2. The Labute approximate surface area is 194 Å². The number of fused-ring (bicyclic) bond motifs is 3. The molecule has 0 N–H and O–H groups in total. The molecule has 0 aliphatic carbocycles. The Bertz CT molecular complexity index is 1440. The van der Waals surface area contributed by atoms with Crippen LogP contribution in [-0.2, 0) is 12.3 Å². The molecule has 0 aliphatic rings. The van der Waals surface area contributed by atoms with Crippen LogP contribution in [0.3, 0.4) is 0 Å². The van der Waals surface area contributed by atoms with Crippen molar-refractivity contribution in [2.75, 3.05) is 0 Å². The van der Waals surface area contributed by atoms with Crippen molar-refractivity contribution in [1.82, 2.24) is 24.1 Å². The van der Waals surface area contributed by atoms with E-state index in [9.17, 15) is 4.79 Å². The average molecular weight is 462 g/mol. The van der Waals surface area contributed by atoms with Gasteiger partial charge in [0, 0.05) is 23.2 Å². The number of aryl methyl sites for hydroxylation is 1. The Balaban J connectivity index is 1.50. The lowest BCUT2D eigenvalue weighted by molar-refractivity contribution is 0.512. The standard InChI is InChI=1S/C24H23N5OS2/c1-16(2)12-13-28-22(30)19-10-6-7-11-20(19)29-23(28)26-27-24(29)32-15-18-14-31-21(25-18)17-8-4-3-5-9-17/h3-11,14,16H,12-13,15H2,1-2H3. The maximum atomic E-state index is 13.1. The molecule has 3 aromatic heterocycles. The third-order valence-corrected chi connectivity index (χ3v) is 7.23. The third kappa shape index (κ3) is 3.96. The minimum atomic E-state index is -0.00953. The average Bonchev–Trinajstić information content (AvgIpc) is 3.45. The maximum absolute atomic E-state index is 13.1. The smallest absolute Gasteiger partial charge is 0.262 e. The Morgan fingerprint density at radius 2 is 1.81 bits per heavy atom. The zero-order valence-electron chi connectivity index (χ0n) is 17.9. The molecule has 0 atom stereocenters. The molecule has 0 amide bonds. The van der Waals surface area contributed by atoms with Crippen LogP contribution in [0.4, 0.5) is 0 Å². The minimum Gasteiger partial charge on any atom is -0.276 e. The Morgan fingerprint density at radius 1 is 1.03 bits per heavy atom. The quantitative estimate of drug-likeness (QED) is 0.299. The topological polar surface area (TPSA) is 65.1 Å². The summed E-state index contributed by atoms with van der Waals surface area (Å²) in [6, 6.07) is 17.9. The summed E-state index contributed by atoms with van der Waals surface area (Å²) in [6.45, 7) is 4.94. The summed E-state index contributed by atoms with van der Waals surface area (Å²) in [5.74, 6) is 1.78. The number of thiazole rings is 1. The first-order valence-electron chi connectivity index (χ1n) is 10.6. The molecule has 0 saturated carbocycles. The second-order valence-corrected chi connectivity index (χ2v) is 9.87. The van der Waals surface area contributed by atoms with Gasteiger partial charge in [0.05, 0.1) is 16.6 Å². The summed E-state index contributed by atoms with van der Waals surface area (Å²) in [6.07, 6.45) is 0.907. The third-order valence-electron chi connectivity index (χ3n) is 5.33. The summed E-state index contributed by atoms with van der Waals surface area (Å²) in [7, 11) is 0. The molecule has 162 valence electrons. The van der Waals surface area contributed by atoms with Crippen LogP contribution >= 0.6 is 23.1 Å². The molecule has 0 aliphatic heterocycles. The number of thioether (sulfide) groups is 1. The molecule has 6 nitrogen and oxygen atoms in total. The van der Waals surface area contributed by atoms with Gasteiger partial charge in [0.15, 0.2) is 5.16 Å². The van der Waals surface area contributed by atoms with Gasteiger partial charge in [0.25, 0.3) is 5.56 Å². The Hall–Kier alpha value is -2.97. The summed E-state index contributed by atoms with van der Waals surface area (Å²) < 4.78 is 3.77. The van der Waals surface area contributed by atoms with Crippen molar-refractivity contribution in [3.8, 4) is 10.6 Å². The highest BCUT2D eigenvalue weighted by Crippen LogP contribution is 2.28. The number of aromatic nitrogens is 5. The van der Waals surface area contributed by atoms with Gasteiger partial charge < -0.3 is 0 Å². The first-order chi connectivity index (χ1) is 15.6. The highest BCUT2D eigenvalue weighted by Gasteiger charge is 2.17. The number of nitrogens with zero attached hydrogens (tertiary/aromatic N) is 5. The lowest BCUT2D eigenvalue weighted by atomic mass is 10.1. The Morgan fingerprint density at radius 3 is 2.62 bits per heavy atom. The van der Waals surface area contributed by atoms with E-state index >= 15 is 0 Å². The lowest BCUT2D eigenvalue weighted by Crippen LogP contribution is -2.24. The number of rotatable bonds is 7. The van der Waals surface area contributed by atoms with Gasteiger partial charge in [0.1, 0.15) is 5.01 Å². The fourth-order valence-electron chi connectivity index (χ4n) is 3.64. The van der Waals surface area contributed by atoms with Crippen molar-refractivity contribution in [2.45, 2.75) is 37.7 Å². The van der Waals surface area contributed by atoms with E-state index in [1.54, 1.807) is 27.7 Å². The van der Waals surface area contributed by atoms with Crippen LogP contribution in [-0.4, -0.2) is 24.1 Å². The molecule has 0 bridgehead atoms. The number of benzene rings is 2. The predicted molar refractivity (Wildman–Crippen MR) is 131 cm³/mol. The molecule has 0 fully saturated rings. The van der Waals surface area contributed by atoms with E-state index in [1.165, 1.54) is 0 Å². The fraction of sp³-hybridized carbons (Fsp3) is 0.250. The molecule has 5 rings (SSSR count). The van der Waals surface area contributed by atoms with Crippen molar-refractivity contribution >= 4 is 39.8 Å². The van der Waals surface area contributed by atoms with Gasteiger partial charge >= 0.3 is 0 Å². The highest BCUT2D eigenvalue weighted by molar-refractivity contribution is 7.98. The Kier molecular flexibility index (Phi) is 5.80. The van der Waals surface area contributed by atoms with Crippen LogP contribution in [0.15, 0.2) is 69.9 Å². The summed E-state index contributed by atoms with van der Waals surface area (Å²) in [5, 5.41) is 13.4. The van der Waals surface area contributed by atoms with Gasteiger partial charge in [0.2, 0.25) is 5.78 Å². The summed E-state index contributed by atoms with van der Waals surface area (Å²) in [5.41, 5.74) is 2.96. The molecule has 0 radical (unpaired) electrons. The van der Waals surface area contributed by atoms with E-state index in [-0.39, 0.29) is 5.56 Å². The van der Waals surface area contributed by atoms with Gasteiger partial charge in [-0.1, -0.05) is 68.1 Å². The predicted octanol–water partition coefficient (Wildman–Crippen LogP) is 5.51. The molecule has 0 spiro atoms. The van der Waals surface area contributed by atoms with E-state index in [2.05, 4.69) is 41.6 Å². The van der Waals surface area contributed by atoms with E-state index in [1.807, 2.05) is 46.9 Å². The first kappa shape index (κ1) is 20.9. The van der Waals surface area contributed by atoms with E-state index in [0.29, 0.717) is 29.4 Å². The van der Waals surface area contributed by atoms with Gasteiger partial charge in [-0.25, -0.2) is 4.98 Å². The van der Waals surface area contributed by atoms with Gasteiger partial charge in [-0.05, 0) is 24.5 Å². The second kappa shape index (κ2) is 8.88. The molecular weight excluding hydrogens is 438 g/mol. The minimum absolute atomic E-state index is 0.00953. The van der Waals surface area contributed by atoms with Crippen LogP contribution in [0.5, 0.6) is 0 Å². The monoisotopic (exact) mass is 461 g/mol. The van der Waals surface area contributed by atoms with Crippen LogP contribution in [0, 0.1) is 5.92 Å². The van der Waals surface area contributed by atoms with Crippen LogP contribution in [0.25, 0.3) is 27.3 Å². The van der Waals surface area contributed by atoms with Crippen LogP contribution < -0.4 is 5.56 Å². The van der Waals surface area contributed by atoms with Gasteiger partial charge in [-0.15, -0.1) is 21.5 Å². The SMILES string of the molecule is CC(C)CCn1c(=O)c2ccccc2n2c(SCc3csc(-c4ccccc4)n3)nnc12. The van der Waals surface area contributed by atoms with Crippen molar-refractivity contribution in [3.05, 3.63) is 76.0 Å². The number of hydrogen-bond donors (Lipinski definition) is 0. The lowest BCUT2D eigenvalue weighted by Gasteiger charge is -2.12. The van der Waals surface area contributed by atoms with Crippen molar-refractivity contribution in [3.63, 3.8) is 0 Å². The molecule has 32 heavy (non-hydrogen) atoms. The van der Waals surface area contributed by atoms with E-state index < -0.39 is 0 Å². The maximum Gasteiger partial charge on any atom is 0.262 e. The number of para-hydroxylation sites is 1. The molecule has 8 heteroatoms. The van der Waals surface area contributed by atoms with Crippen LogP contribution in [0.1, 0.15) is 26.0 Å². The molecular formula is C24H23N5OS2.